The minimum absolute atomic E-state index is 0.139. The molecule has 1 rings (SSSR count). The molecule has 1 aromatic rings. The van der Waals surface area contributed by atoms with E-state index in [1.807, 2.05) is 0 Å². The fourth-order valence-corrected chi connectivity index (χ4v) is 2.15. The lowest BCUT2D eigenvalue weighted by atomic mass is 10.2. The van der Waals surface area contributed by atoms with Crippen molar-refractivity contribution in [2.45, 2.75) is 15.6 Å². The number of nitrogens with one attached hydrogen (secondary N) is 2. The molecule has 10 heteroatoms. The van der Waals surface area contributed by atoms with Crippen molar-refractivity contribution in [1.82, 2.24) is 10.0 Å². The molecule has 3 amide bonds. The Bertz CT molecular complexity index is 623. The number of halogens is 3. The number of carbonyl (C=O) groups excluding carboxylic acids is 2. The summed E-state index contributed by atoms with van der Waals surface area (Å²) >= 11 is 15.7. The number of hydrogen-bond donors (Lipinski definition) is 2. The van der Waals surface area contributed by atoms with Crippen molar-refractivity contribution in [2.75, 3.05) is 0 Å². The highest BCUT2D eigenvalue weighted by Gasteiger charge is 2.32. The smallest absolute Gasteiger partial charge is 0.274 e. The Morgan fingerprint density at radius 2 is 1.60 bits per heavy atom. The number of alkyl halides is 3. The first-order valence-corrected chi connectivity index (χ1v) is 7.66. The van der Waals surface area contributed by atoms with Crippen LogP contribution < -0.4 is 10.0 Å². The zero-order valence-electron chi connectivity index (χ0n) is 9.98. The molecule has 2 N–H and O–H groups in total. The van der Waals surface area contributed by atoms with E-state index in [1.165, 1.54) is 12.1 Å². The third kappa shape index (κ3) is 4.82. The van der Waals surface area contributed by atoms with Gasteiger partial charge in [-0.05, 0) is 19.1 Å². The molecule has 0 saturated heterocycles. The summed E-state index contributed by atoms with van der Waals surface area (Å²) in [5.41, 5.74) is 0.847. The number of amides is 3. The predicted molar refractivity (Wildman–Crippen MR) is 75.3 cm³/mol. The quantitative estimate of drug-likeness (QED) is 0.789. The van der Waals surface area contributed by atoms with Crippen LogP contribution in [0.25, 0.3) is 0 Å². The molecule has 0 spiro atoms. The third-order valence-corrected chi connectivity index (χ3v) is 3.90. The van der Waals surface area contributed by atoms with E-state index in [0.717, 1.165) is 5.56 Å². The van der Waals surface area contributed by atoms with Crippen molar-refractivity contribution >= 4 is 56.8 Å². The molecule has 0 atom stereocenters. The van der Waals surface area contributed by atoms with Gasteiger partial charge in [-0.2, -0.15) is 0 Å². The molecule has 0 unspecified atom stereocenters. The molecule has 0 aliphatic heterocycles. The van der Waals surface area contributed by atoms with Crippen LogP contribution in [0.3, 0.4) is 0 Å². The van der Waals surface area contributed by atoms with E-state index in [2.05, 4.69) is 0 Å². The highest BCUT2D eigenvalue weighted by Crippen LogP contribution is 2.25. The maximum atomic E-state index is 11.8. The molecule has 20 heavy (non-hydrogen) atoms. The zero-order chi connectivity index (χ0) is 15.6. The number of sulfonamides is 1. The molecule has 0 fully saturated rings. The number of carbonyl (C=O) groups is 2. The van der Waals surface area contributed by atoms with Gasteiger partial charge >= 0.3 is 6.03 Å². The van der Waals surface area contributed by atoms with E-state index in [0.29, 0.717) is 0 Å². The molecule has 0 aliphatic carbocycles. The van der Waals surface area contributed by atoms with Crippen LogP contribution in [0.5, 0.6) is 0 Å². The number of imide groups is 1. The minimum Gasteiger partial charge on any atom is -0.274 e. The molecule has 110 valence electrons. The zero-order valence-corrected chi connectivity index (χ0v) is 13.1. The average Bonchev–Trinajstić information content (AvgIpc) is 2.27. The van der Waals surface area contributed by atoms with Gasteiger partial charge in [-0.3, -0.25) is 10.1 Å². The Morgan fingerprint density at radius 3 is 2.05 bits per heavy atom. The Morgan fingerprint density at radius 1 is 1.10 bits per heavy atom. The van der Waals surface area contributed by atoms with Crippen molar-refractivity contribution in [3.8, 4) is 0 Å². The van der Waals surface area contributed by atoms with E-state index in [4.69, 9.17) is 34.8 Å². The minimum atomic E-state index is -4.11. The first kappa shape index (κ1) is 17.0. The molecule has 0 heterocycles. The van der Waals surface area contributed by atoms with Gasteiger partial charge in [-0.1, -0.05) is 52.5 Å². The number of rotatable bonds is 2. The van der Waals surface area contributed by atoms with Gasteiger partial charge in [0.25, 0.3) is 19.7 Å². The van der Waals surface area contributed by atoms with Crippen LogP contribution in [0.4, 0.5) is 4.79 Å². The fourth-order valence-electron chi connectivity index (χ4n) is 1.10. The van der Waals surface area contributed by atoms with Gasteiger partial charge in [0.1, 0.15) is 0 Å². The first-order valence-electron chi connectivity index (χ1n) is 5.04. The Labute approximate surface area is 130 Å². The fraction of sp³-hybridized carbons (Fsp3) is 0.200. The maximum absolute atomic E-state index is 11.8. The van der Waals surface area contributed by atoms with Crippen molar-refractivity contribution in [1.29, 1.82) is 0 Å². The Kier molecular flexibility index (Phi) is 5.26. The van der Waals surface area contributed by atoms with E-state index in [1.54, 1.807) is 29.1 Å². The van der Waals surface area contributed by atoms with E-state index in [9.17, 15) is 18.0 Å². The van der Waals surface area contributed by atoms with Gasteiger partial charge in [0, 0.05) is 0 Å². The number of aryl methyl sites for hydroxylation is 1. The molecule has 0 aliphatic rings. The number of hydrogen-bond acceptors (Lipinski definition) is 4. The number of benzene rings is 1. The van der Waals surface area contributed by atoms with Crippen LogP contribution in [-0.4, -0.2) is 24.1 Å². The van der Waals surface area contributed by atoms with Gasteiger partial charge in [0.15, 0.2) is 0 Å². The third-order valence-electron chi connectivity index (χ3n) is 2.04. The van der Waals surface area contributed by atoms with Gasteiger partial charge in [-0.25, -0.2) is 17.9 Å². The van der Waals surface area contributed by atoms with Crippen molar-refractivity contribution < 1.29 is 18.0 Å². The molecular formula is C10H9Cl3N2O4S. The van der Waals surface area contributed by atoms with Gasteiger partial charge in [0.2, 0.25) is 0 Å². The highest BCUT2D eigenvalue weighted by molar-refractivity contribution is 7.90. The molecule has 0 saturated carbocycles. The summed E-state index contributed by atoms with van der Waals surface area (Å²) in [4.78, 5) is 22.4. The Hall–Kier alpha value is -1.02. The van der Waals surface area contributed by atoms with Crippen LogP contribution in [0, 0.1) is 6.92 Å². The first-order chi connectivity index (χ1) is 9.02. The van der Waals surface area contributed by atoms with Gasteiger partial charge in [0.05, 0.1) is 4.90 Å². The van der Waals surface area contributed by atoms with Crippen molar-refractivity contribution in [2.24, 2.45) is 0 Å². The topological polar surface area (TPSA) is 92.3 Å². The lowest BCUT2D eigenvalue weighted by molar-refractivity contribution is -0.119. The van der Waals surface area contributed by atoms with Crippen LogP contribution in [0.15, 0.2) is 29.2 Å². The standard InChI is InChI=1S/C10H9Cl3N2O4S/c1-6-2-4-7(5-3-6)20(18,19)15-9(17)14-8(16)10(11,12)13/h2-5H,1H3,(H2,14,15,16,17). The second kappa shape index (κ2) is 6.17. The van der Waals surface area contributed by atoms with Crippen molar-refractivity contribution in [3.05, 3.63) is 29.8 Å². The van der Waals surface area contributed by atoms with Crippen LogP contribution >= 0.6 is 34.8 Å². The van der Waals surface area contributed by atoms with Crippen LogP contribution in [-0.2, 0) is 14.8 Å². The molecular weight excluding hydrogens is 351 g/mol. The molecule has 6 nitrogen and oxygen atoms in total. The lowest BCUT2D eigenvalue weighted by Gasteiger charge is -2.11. The summed E-state index contributed by atoms with van der Waals surface area (Å²) < 4.78 is 22.9. The summed E-state index contributed by atoms with van der Waals surface area (Å²) in [5.74, 6) is -1.26. The predicted octanol–water partition coefficient (Wildman–Crippen LogP) is 1.88. The summed E-state index contributed by atoms with van der Waals surface area (Å²) in [6.45, 7) is 1.77. The average molecular weight is 360 g/mol. The summed E-state index contributed by atoms with van der Waals surface area (Å²) in [5, 5.41) is 1.59. The van der Waals surface area contributed by atoms with Gasteiger partial charge in [-0.15, -0.1) is 0 Å². The van der Waals surface area contributed by atoms with E-state index >= 15 is 0 Å². The molecule has 0 radical (unpaired) electrons. The van der Waals surface area contributed by atoms with Crippen LogP contribution in [0.2, 0.25) is 0 Å². The lowest BCUT2D eigenvalue weighted by Crippen LogP contribution is -2.46. The SMILES string of the molecule is Cc1ccc(S(=O)(=O)NC(=O)NC(=O)C(Cl)(Cl)Cl)cc1. The summed E-state index contributed by atoms with van der Waals surface area (Å²) in [6.07, 6.45) is 0. The second-order valence-electron chi connectivity index (χ2n) is 3.70. The van der Waals surface area contributed by atoms with E-state index < -0.39 is 25.8 Å². The Balaban J connectivity index is 2.79. The molecule has 0 bridgehead atoms. The van der Waals surface area contributed by atoms with Crippen LogP contribution in [0.1, 0.15) is 5.56 Å². The monoisotopic (exact) mass is 358 g/mol. The summed E-state index contributed by atoms with van der Waals surface area (Å²) in [6, 6.07) is 4.41. The van der Waals surface area contributed by atoms with Gasteiger partial charge < -0.3 is 0 Å². The summed E-state index contributed by atoms with van der Waals surface area (Å²) in [7, 11) is -4.11. The highest BCUT2D eigenvalue weighted by atomic mass is 35.6. The number of urea groups is 1. The maximum Gasteiger partial charge on any atom is 0.335 e. The van der Waals surface area contributed by atoms with E-state index in [-0.39, 0.29) is 4.90 Å². The normalized spacial score (nSPS) is 11.8. The molecule has 1 aromatic carbocycles. The second-order valence-corrected chi connectivity index (χ2v) is 7.66. The largest absolute Gasteiger partial charge is 0.335 e. The molecule has 0 aromatic heterocycles. The van der Waals surface area contributed by atoms with Crippen molar-refractivity contribution in [3.63, 3.8) is 0 Å².